The third kappa shape index (κ3) is 2.46. The molecular weight excluding hydrogens is 148 g/mol. The maximum atomic E-state index is 5.84. The van der Waals surface area contributed by atoms with Crippen molar-refractivity contribution in [3.05, 3.63) is 0 Å². The smallest absolute Gasteiger partial charge is 0.0325 e. The fraction of sp³-hybridized carbons (Fsp3) is 1.00. The van der Waals surface area contributed by atoms with E-state index in [1.54, 1.807) is 0 Å². The van der Waals surface area contributed by atoms with Gasteiger partial charge >= 0.3 is 0 Å². The second-order valence-electron chi connectivity index (χ2n) is 3.55. The Kier molecular flexibility index (Phi) is 5.51. The lowest BCUT2D eigenvalue weighted by atomic mass is 9.89. The van der Waals surface area contributed by atoms with E-state index >= 15 is 0 Å². The van der Waals surface area contributed by atoms with E-state index < -0.39 is 0 Å². The molecule has 0 heterocycles. The van der Waals surface area contributed by atoms with E-state index in [0.29, 0.717) is 0 Å². The molecule has 0 amide bonds. The lowest BCUT2D eigenvalue weighted by molar-refractivity contribution is 0.116. The first-order chi connectivity index (χ1) is 5.66. The average molecular weight is 172 g/mol. The van der Waals surface area contributed by atoms with Crippen molar-refractivity contribution in [2.45, 2.75) is 45.6 Å². The molecule has 74 valence electrons. The van der Waals surface area contributed by atoms with Crippen molar-refractivity contribution in [2.24, 2.45) is 5.73 Å². The summed E-state index contributed by atoms with van der Waals surface area (Å²) in [5.41, 5.74) is 6.09. The van der Waals surface area contributed by atoms with Gasteiger partial charge in [-0.2, -0.15) is 0 Å². The Hall–Kier alpha value is -0.0800. The van der Waals surface area contributed by atoms with Crippen LogP contribution in [0.3, 0.4) is 0 Å². The molecule has 0 rings (SSSR count). The lowest BCUT2D eigenvalue weighted by Gasteiger charge is -2.40. The van der Waals surface area contributed by atoms with Gasteiger partial charge in [0.2, 0.25) is 0 Å². The summed E-state index contributed by atoms with van der Waals surface area (Å²) in [7, 11) is 2.17. The van der Waals surface area contributed by atoms with E-state index in [2.05, 4.69) is 32.7 Å². The highest BCUT2D eigenvalue weighted by Gasteiger charge is 2.28. The van der Waals surface area contributed by atoms with Crippen LogP contribution in [0, 0.1) is 0 Å². The van der Waals surface area contributed by atoms with Crippen LogP contribution in [0.2, 0.25) is 0 Å². The van der Waals surface area contributed by atoms with Gasteiger partial charge in [-0.3, -0.25) is 4.90 Å². The average Bonchev–Trinajstić information content (AvgIpc) is 2.13. The van der Waals surface area contributed by atoms with Crippen LogP contribution in [-0.2, 0) is 0 Å². The molecule has 0 aliphatic carbocycles. The zero-order valence-corrected chi connectivity index (χ0v) is 9.06. The number of nitrogens with two attached hydrogens (primary N) is 1. The van der Waals surface area contributed by atoms with Gasteiger partial charge in [0.05, 0.1) is 0 Å². The molecule has 0 fully saturated rings. The van der Waals surface area contributed by atoms with E-state index in [-0.39, 0.29) is 5.54 Å². The number of rotatable bonds is 6. The van der Waals surface area contributed by atoms with Crippen LogP contribution in [0.1, 0.15) is 40.0 Å². The van der Waals surface area contributed by atoms with Crippen molar-refractivity contribution in [2.75, 3.05) is 20.1 Å². The molecule has 0 aromatic rings. The van der Waals surface area contributed by atoms with Crippen LogP contribution < -0.4 is 5.73 Å². The molecule has 2 N–H and O–H groups in total. The highest BCUT2D eigenvalue weighted by Crippen LogP contribution is 2.22. The highest BCUT2D eigenvalue weighted by molar-refractivity contribution is 4.88. The van der Waals surface area contributed by atoms with Gasteiger partial charge in [-0.15, -0.1) is 0 Å². The first-order valence-electron chi connectivity index (χ1n) is 5.08. The van der Waals surface area contributed by atoms with Crippen LogP contribution >= 0.6 is 0 Å². The SMILES string of the molecule is CCCC(CC)(CN)N(C)CC. The van der Waals surface area contributed by atoms with E-state index in [0.717, 1.165) is 19.5 Å². The molecule has 0 aliphatic heterocycles. The normalized spacial score (nSPS) is 16.5. The number of likely N-dealkylation sites (N-methyl/N-ethyl adjacent to an activating group) is 1. The highest BCUT2D eigenvalue weighted by atomic mass is 15.2. The summed E-state index contributed by atoms with van der Waals surface area (Å²) >= 11 is 0. The quantitative estimate of drug-likeness (QED) is 0.662. The summed E-state index contributed by atoms with van der Waals surface area (Å²) in [5.74, 6) is 0. The summed E-state index contributed by atoms with van der Waals surface area (Å²) < 4.78 is 0. The Morgan fingerprint density at radius 3 is 2.08 bits per heavy atom. The summed E-state index contributed by atoms with van der Waals surface area (Å²) in [4.78, 5) is 2.39. The molecule has 0 saturated carbocycles. The van der Waals surface area contributed by atoms with E-state index in [9.17, 15) is 0 Å². The van der Waals surface area contributed by atoms with Crippen LogP contribution in [0.15, 0.2) is 0 Å². The molecule has 0 aliphatic rings. The zero-order chi connectivity index (χ0) is 9.61. The minimum absolute atomic E-state index is 0.253. The van der Waals surface area contributed by atoms with Gasteiger partial charge in [0, 0.05) is 12.1 Å². The van der Waals surface area contributed by atoms with Crippen molar-refractivity contribution in [1.82, 2.24) is 4.90 Å². The van der Waals surface area contributed by atoms with E-state index in [1.807, 2.05) is 0 Å². The molecule has 0 saturated heterocycles. The fourth-order valence-corrected chi connectivity index (χ4v) is 1.84. The molecule has 2 heteroatoms. The summed E-state index contributed by atoms with van der Waals surface area (Å²) in [6.07, 6.45) is 3.58. The third-order valence-electron chi connectivity index (χ3n) is 3.04. The monoisotopic (exact) mass is 172 g/mol. The lowest BCUT2D eigenvalue weighted by Crippen LogP contribution is -2.51. The van der Waals surface area contributed by atoms with Gasteiger partial charge in [-0.1, -0.05) is 27.2 Å². The van der Waals surface area contributed by atoms with Crippen molar-refractivity contribution in [3.63, 3.8) is 0 Å². The molecular formula is C10H24N2. The minimum Gasteiger partial charge on any atom is -0.329 e. The van der Waals surface area contributed by atoms with Crippen LogP contribution in [0.5, 0.6) is 0 Å². The first-order valence-corrected chi connectivity index (χ1v) is 5.08. The second-order valence-corrected chi connectivity index (χ2v) is 3.55. The van der Waals surface area contributed by atoms with Crippen molar-refractivity contribution >= 4 is 0 Å². The van der Waals surface area contributed by atoms with Gasteiger partial charge in [-0.25, -0.2) is 0 Å². The number of hydrogen-bond acceptors (Lipinski definition) is 2. The second kappa shape index (κ2) is 5.55. The topological polar surface area (TPSA) is 29.3 Å². The predicted octanol–water partition coefficient (Wildman–Crippen LogP) is 1.85. The fourth-order valence-electron chi connectivity index (χ4n) is 1.84. The molecule has 0 aromatic heterocycles. The number of hydrogen-bond donors (Lipinski definition) is 1. The van der Waals surface area contributed by atoms with Crippen molar-refractivity contribution < 1.29 is 0 Å². The standard InChI is InChI=1S/C10H24N2/c1-5-8-10(6-2,9-11)12(4)7-3/h5-9,11H2,1-4H3. The summed E-state index contributed by atoms with van der Waals surface area (Å²) in [6, 6.07) is 0. The van der Waals surface area contributed by atoms with Crippen LogP contribution in [0.25, 0.3) is 0 Å². The molecule has 0 spiro atoms. The third-order valence-corrected chi connectivity index (χ3v) is 3.04. The van der Waals surface area contributed by atoms with E-state index in [4.69, 9.17) is 5.73 Å². The van der Waals surface area contributed by atoms with Gasteiger partial charge in [-0.05, 0) is 26.4 Å². The minimum atomic E-state index is 0.253. The van der Waals surface area contributed by atoms with E-state index in [1.165, 1.54) is 12.8 Å². The van der Waals surface area contributed by atoms with Gasteiger partial charge in [0.15, 0.2) is 0 Å². The Balaban J connectivity index is 4.33. The van der Waals surface area contributed by atoms with Crippen molar-refractivity contribution in [3.8, 4) is 0 Å². The Morgan fingerprint density at radius 1 is 1.25 bits per heavy atom. The Morgan fingerprint density at radius 2 is 1.83 bits per heavy atom. The maximum absolute atomic E-state index is 5.84. The Labute approximate surface area is 77.1 Å². The Bertz CT molecular complexity index is 108. The largest absolute Gasteiger partial charge is 0.329 e. The molecule has 0 aromatic carbocycles. The summed E-state index contributed by atoms with van der Waals surface area (Å²) in [5, 5.41) is 0. The van der Waals surface area contributed by atoms with Crippen molar-refractivity contribution in [1.29, 1.82) is 0 Å². The van der Waals surface area contributed by atoms with Gasteiger partial charge in [0.25, 0.3) is 0 Å². The molecule has 12 heavy (non-hydrogen) atoms. The number of nitrogens with zero attached hydrogens (tertiary/aromatic N) is 1. The maximum Gasteiger partial charge on any atom is 0.0325 e. The molecule has 0 radical (unpaired) electrons. The molecule has 0 bridgehead atoms. The predicted molar refractivity (Wildman–Crippen MR) is 55.3 cm³/mol. The van der Waals surface area contributed by atoms with Crippen LogP contribution in [-0.4, -0.2) is 30.6 Å². The van der Waals surface area contributed by atoms with Gasteiger partial charge < -0.3 is 5.73 Å². The van der Waals surface area contributed by atoms with Crippen LogP contribution in [0.4, 0.5) is 0 Å². The molecule has 1 unspecified atom stereocenters. The molecule has 2 nitrogen and oxygen atoms in total. The molecule has 1 atom stereocenters. The van der Waals surface area contributed by atoms with Gasteiger partial charge in [0.1, 0.15) is 0 Å². The summed E-state index contributed by atoms with van der Waals surface area (Å²) in [6.45, 7) is 8.51. The zero-order valence-electron chi connectivity index (χ0n) is 9.06. The first kappa shape index (κ1) is 11.9.